The quantitative estimate of drug-likeness (QED) is 0.862. The summed E-state index contributed by atoms with van der Waals surface area (Å²) in [6.07, 6.45) is 2.39. The number of amides is 1. The molecule has 26 heavy (non-hydrogen) atoms. The average molecular weight is 355 g/mol. The predicted molar refractivity (Wildman–Crippen MR) is 103 cm³/mol. The summed E-state index contributed by atoms with van der Waals surface area (Å²) in [5.41, 5.74) is 2.84. The molecule has 1 aliphatic rings. The molecule has 5 heteroatoms. The lowest BCUT2D eigenvalue weighted by atomic mass is 10.0. The van der Waals surface area contributed by atoms with E-state index in [1.54, 1.807) is 0 Å². The number of hydrogen-bond donors (Lipinski definition) is 1. The van der Waals surface area contributed by atoms with E-state index in [0.29, 0.717) is 12.1 Å². The van der Waals surface area contributed by atoms with Crippen LogP contribution in [0.3, 0.4) is 0 Å². The first-order valence-electron chi connectivity index (χ1n) is 9.10. The van der Waals surface area contributed by atoms with Gasteiger partial charge < -0.3 is 10.2 Å². The van der Waals surface area contributed by atoms with Gasteiger partial charge in [-0.1, -0.05) is 12.1 Å². The number of carbonyl (C=O) groups is 1. The lowest BCUT2D eigenvalue weighted by Gasteiger charge is -2.28. The predicted octanol–water partition coefficient (Wildman–Crippen LogP) is 3.46. The Morgan fingerprint density at radius 3 is 2.27 bits per heavy atom. The molecule has 0 unspecified atom stereocenters. The van der Waals surface area contributed by atoms with Gasteiger partial charge in [-0.25, -0.2) is 4.39 Å². The first-order chi connectivity index (χ1) is 12.5. The topological polar surface area (TPSA) is 35.6 Å². The standard InChI is InChI=1S/C21H26FN3O/c1-24(2)19-11-7-16(8-12-19)20(25-13-3-4-14-25)15-23-21(26)17-5-9-18(22)10-6-17/h5-12,20H,3-4,13-15H2,1-2H3,(H,23,26)/t20-/m0/s1. The number of anilines is 1. The highest BCUT2D eigenvalue weighted by atomic mass is 19.1. The van der Waals surface area contributed by atoms with Gasteiger partial charge in [0.2, 0.25) is 0 Å². The van der Waals surface area contributed by atoms with Crippen LogP contribution in [0.25, 0.3) is 0 Å². The molecule has 0 aromatic heterocycles. The minimum absolute atomic E-state index is 0.151. The van der Waals surface area contributed by atoms with Crippen molar-refractivity contribution in [2.24, 2.45) is 0 Å². The van der Waals surface area contributed by atoms with Crippen molar-refractivity contribution in [3.8, 4) is 0 Å². The second-order valence-electron chi connectivity index (χ2n) is 6.96. The number of likely N-dealkylation sites (tertiary alicyclic amines) is 1. The largest absolute Gasteiger partial charge is 0.378 e. The SMILES string of the molecule is CN(C)c1ccc([C@H](CNC(=O)c2ccc(F)cc2)N2CCCC2)cc1. The molecule has 1 amide bonds. The van der Waals surface area contributed by atoms with Crippen LogP contribution in [0.4, 0.5) is 10.1 Å². The minimum Gasteiger partial charge on any atom is -0.378 e. The number of nitrogens with one attached hydrogen (secondary N) is 1. The van der Waals surface area contributed by atoms with E-state index in [9.17, 15) is 9.18 Å². The van der Waals surface area contributed by atoms with Gasteiger partial charge in [0.25, 0.3) is 5.91 Å². The fourth-order valence-electron chi connectivity index (χ4n) is 3.40. The molecule has 1 N–H and O–H groups in total. The molecule has 1 aliphatic heterocycles. The third kappa shape index (κ3) is 4.41. The highest BCUT2D eigenvalue weighted by Gasteiger charge is 2.24. The van der Waals surface area contributed by atoms with Gasteiger partial charge in [-0.15, -0.1) is 0 Å². The summed E-state index contributed by atoms with van der Waals surface area (Å²) in [5.74, 6) is -0.503. The van der Waals surface area contributed by atoms with E-state index in [-0.39, 0.29) is 17.8 Å². The van der Waals surface area contributed by atoms with E-state index < -0.39 is 0 Å². The maximum Gasteiger partial charge on any atom is 0.251 e. The zero-order chi connectivity index (χ0) is 18.5. The molecule has 0 saturated carbocycles. The first kappa shape index (κ1) is 18.4. The van der Waals surface area contributed by atoms with Crippen LogP contribution >= 0.6 is 0 Å². The van der Waals surface area contributed by atoms with Crippen LogP contribution in [0.2, 0.25) is 0 Å². The number of hydrogen-bond acceptors (Lipinski definition) is 3. The summed E-state index contributed by atoms with van der Waals surface area (Å²) in [5, 5.41) is 3.02. The molecule has 1 heterocycles. The molecule has 0 spiro atoms. The highest BCUT2D eigenvalue weighted by Crippen LogP contribution is 2.26. The molecule has 1 saturated heterocycles. The smallest absolute Gasteiger partial charge is 0.251 e. The Labute approximate surface area is 154 Å². The minimum atomic E-state index is -0.336. The van der Waals surface area contributed by atoms with Crippen molar-refractivity contribution in [3.05, 3.63) is 65.5 Å². The van der Waals surface area contributed by atoms with E-state index in [1.807, 2.05) is 14.1 Å². The van der Waals surface area contributed by atoms with Gasteiger partial charge in [0.05, 0.1) is 6.04 Å². The zero-order valence-electron chi connectivity index (χ0n) is 15.4. The normalized spacial score (nSPS) is 15.7. The van der Waals surface area contributed by atoms with Crippen LogP contribution in [-0.4, -0.2) is 44.5 Å². The highest BCUT2D eigenvalue weighted by molar-refractivity contribution is 5.94. The van der Waals surface area contributed by atoms with Crippen molar-refractivity contribution < 1.29 is 9.18 Å². The average Bonchev–Trinajstić information content (AvgIpc) is 3.17. The lowest BCUT2D eigenvalue weighted by Crippen LogP contribution is -2.36. The summed E-state index contributed by atoms with van der Waals surface area (Å²) < 4.78 is 13.0. The molecule has 1 fully saturated rings. The Bertz CT molecular complexity index is 722. The van der Waals surface area contributed by atoms with Crippen LogP contribution in [0.1, 0.15) is 34.8 Å². The summed E-state index contributed by atoms with van der Waals surface area (Å²) in [4.78, 5) is 16.9. The summed E-state index contributed by atoms with van der Waals surface area (Å²) in [7, 11) is 4.05. The second-order valence-corrected chi connectivity index (χ2v) is 6.96. The van der Waals surface area contributed by atoms with Crippen molar-refractivity contribution in [1.29, 1.82) is 0 Å². The molecular formula is C21H26FN3O. The summed E-state index contributed by atoms with van der Waals surface area (Å²) in [6.45, 7) is 2.64. The molecule has 1 atom stereocenters. The zero-order valence-corrected chi connectivity index (χ0v) is 15.4. The molecule has 2 aromatic carbocycles. The van der Waals surface area contributed by atoms with Gasteiger partial charge in [-0.3, -0.25) is 9.69 Å². The number of rotatable bonds is 6. The van der Waals surface area contributed by atoms with Gasteiger partial charge in [-0.2, -0.15) is 0 Å². The van der Waals surface area contributed by atoms with Gasteiger partial charge >= 0.3 is 0 Å². The Hall–Kier alpha value is -2.40. The van der Waals surface area contributed by atoms with E-state index in [1.165, 1.54) is 42.7 Å². The van der Waals surface area contributed by atoms with E-state index in [0.717, 1.165) is 18.8 Å². The van der Waals surface area contributed by atoms with E-state index in [4.69, 9.17) is 0 Å². The molecule has 0 bridgehead atoms. The molecule has 0 radical (unpaired) electrons. The molecular weight excluding hydrogens is 329 g/mol. The molecule has 0 aliphatic carbocycles. The van der Waals surface area contributed by atoms with Crippen LogP contribution in [-0.2, 0) is 0 Å². The van der Waals surface area contributed by atoms with Crippen molar-refractivity contribution in [2.75, 3.05) is 38.6 Å². The number of carbonyl (C=O) groups excluding carboxylic acids is 1. The molecule has 3 rings (SSSR count). The first-order valence-corrected chi connectivity index (χ1v) is 9.10. The van der Waals surface area contributed by atoms with Crippen LogP contribution in [0, 0.1) is 5.82 Å². The molecule has 4 nitrogen and oxygen atoms in total. The maximum atomic E-state index is 13.0. The third-order valence-electron chi connectivity index (χ3n) is 4.94. The monoisotopic (exact) mass is 355 g/mol. The second kappa shape index (κ2) is 8.32. The Balaban J connectivity index is 1.72. The lowest BCUT2D eigenvalue weighted by molar-refractivity contribution is 0.0938. The van der Waals surface area contributed by atoms with Gasteiger partial charge in [-0.05, 0) is 67.9 Å². The van der Waals surface area contributed by atoms with Gasteiger partial charge in [0.1, 0.15) is 5.82 Å². The molecule has 138 valence electrons. The maximum absolute atomic E-state index is 13.0. The number of halogens is 1. The summed E-state index contributed by atoms with van der Waals surface area (Å²) in [6, 6.07) is 14.3. The van der Waals surface area contributed by atoms with Crippen molar-refractivity contribution in [1.82, 2.24) is 10.2 Å². The van der Waals surface area contributed by atoms with Crippen molar-refractivity contribution >= 4 is 11.6 Å². The van der Waals surface area contributed by atoms with Gasteiger partial charge in [0, 0.05) is 31.9 Å². The Morgan fingerprint density at radius 1 is 1.08 bits per heavy atom. The molecule has 2 aromatic rings. The van der Waals surface area contributed by atoms with E-state index >= 15 is 0 Å². The fourth-order valence-corrected chi connectivity index (χ4v) is 3.40. The third-order valence-corrected chi connectivity index (χ3v) is 4.94. The van der Waals surface area contributed by atoms with Crippen LogP contribution in [0.5, 0.6) is 0 Å². The number of benzene rings is 2. The number of nitrogens with zero attached hydrogens (tertiary/aromatic N) is 2. The van der Waals surface area contributed by atoms with Crippen LogP contribution in [0.15, 0.2) is 48.5 Å². The van der Waals surface area contributed by atoms with E-state index in [2.05, 4.69) is 39.4 Å². The Kier molecular flexibility index (Phi) is 5.89. The van der Waals surface area contributed by atoms with Gasteiger partial charge in [0.15, 0.2) is 0 Å². The van der Waals surface area contributed by atoms with Crippen LogP contribution < -0.4 is 10.2 Å². The fraction of sp³-hybridized carbons (Fsp3) is 0.381. The van der Waals surface area contributed by atoms with Crippen molar-refractivity contribution in [3.63, 3.8) is 0 Å². The Morgan fingerprint density at radius 2 is 1.69 bits per heavy atom. The summed E-state index contributed by atoms with van der Waals surface area (Å²) >= 11 is 0. The van der Waals surface area contributed by atoms with Crippen molar-refractivity contribution in [2.45, 2.75) is 18.9 Å².